The van der Waals surface area contributed by atoms with E-state index in [0.29, 0.717) is 29.8 Å². The Hall–Kier alpha value is -2.63. The van der Waals surface area contributed by atoms with Crippen LogP contribution < -0.4 is 10.0 Å². The van der Waals surface area contributed by atoms with Crippen molar-refractivity contribution in [3.63, 3.8) is 0 Å². The van der Waals surface area contributed by atoms with E-state index in [1.165, 1.54) is 12.1 Å². The van der Waals surface area contributed by atoms with E-state index in [9.17, 15) is 26.8 Å². The average Bonchev–Trinajstić information content (AvgIpc) is 3.56. The van der Waals surface area contributed by atoms with Gasteiger partial charge in [0.2, 0.25) is 10.0 Å². The first-order valence-electron chi connectivity index (χ1n) is 10.1. The summed E-state index contributed by atoms with van der Waals surface area (Å²) < 4.78 is 68.4. The minimum atomic E-state index is -3.33. The predicted octanol–water partition coefficient (Wildman–Crippen LogP) is 3.63. The minimum absolute atomic E-state index is 0.0105. The fourth-order valence-electron chi connectivity index (χ4n) is 3.59. The number of benzene rings is 2. The molecule has 0 atom stereocenters. The molecule has 0 spiro atoms. The summed E-state index contributed by atoms with van der Waals surface area (Å²) >= 11 is 5.80. The molecule has 0 radical (unpaired) electrons. The van der Waals surface area contributed by atoms with Gasteiger partial charge in [-0.05, 0) is 42.2 Å². The summed E-state index contributed by atoms with van der Waals surface area (Å²) in [5, 5.41) is 15.1. The van der Waals surface area contributed by atoms with Gasteiger partial charge in [0, 0.05) is 24.9 Å². The van der Waals surface area contributed by atoms with Crippen molar-refractivity contribution < 1.29 is 26.8 Å². The van der Waals surface area contributed by atoms with E-state index >= 15 is 0 Å². The summed E-state index contributed by atoms with van der Waals surface area (Å²) in [6.45, 7) is 0.190. The van der Waals surface area contributed by atoms with Crippen molar-refractivity contribution in [2.24, 2.45) is 10.1 Å². The van der Waals surface area contributed by atoms with E-state index in [-0.39, 0.29) is 53.2 Å². The minimum Gasteiger partial charge on any atom is -0.411 e. The van der Waals surface area contributed by atoms with Crippen LogP contribution in [-0.4, -0.2) is 43.5 Å². The molecule has 12 heteroatoms. The molecule has 0 amide bonds. The number of hydrogen-bond donors (Lipinski definition) is 3. The summed E-state index contributed by atoms with van der Waals surface area (Å²) in [5.74, 6) is -2.53. The van der Waals surface area contributed by atoms with Crippen LogP contribution in [0.3, 0.4) is 0 Å². The van der Waals surface area contributed by atoms with Gasteiger partial charge in [-0.3, -0.25) is 4.99 Å². The molecule has 176 valence electrons. The van der Waals surface area contributed by atoms with Gasteiger partial charge in [0.1, 0.15) is 11.7 Å². The first-order chi connectivity index (χ1) is 15.7. The average molecular weight is 501 g/mol. The van der Waals surface area contributed by atoms with E-state index in [0.717, 1.165) is 12.1 Å². The molecule has 1 aliphatic heterocycles. The molecule has 7 nitrogen and oxygen atoms in total. The Labute approximate surface area is 193 Å². The summed E-state index contributed by atoms with van der Waals surface area (Å²) in [7, 11) is -3.33. The molecule has 0 bridgehead atoms. The third-order valence-electron chi connectivity index (χ3n) is 5.41. The Kier molecular flexibility index (Phi) is 6.64. The lowest BCUT2D eigenvalue weighted by atomic mass is 9.95. The van der Waals surface area contributed by atoms with Crippen LogP contribution in [0, 0.1) is 17.5 Å². The van der Waals surface area contributed by atoms with E-state index in [1.807, 2.05) is 0 Å². The van der Waals surface area contributed by atoms with Gasteiger partial charge in [0.25, 0.3) is 0 Å². The smallest absolute Gasteiger partial charge is 0.214 e. The predicted molar refractivity (Wildman–Crippen MR) is 119 cm³/mol. The van der Waals surface area contributed by atoms with Crippen molar-refractivity contribution in [1.82, 2.24) is 4.72 Å². The number of anilines is 1. The Morgan fingerprint density at radius 3 is 2.64 bits per heavy atom. The van der Waals surface area contributed by atoms with Crippen LogP contribution in [-0.2, 0) is 22.9 Å². The molecule has 1 heterocycles. The van der Waals surface area contributed by atoms with Gasteiger partial charge >= 0.3 is 0 Å². The third-order valence-corrected chi connectivity index (χ3v) is 7.65. The normalized spacial score (nSPS) is 17.3. The largest absolute Gasteiger partial charge is 0.411 e. The quantitative estimate of drug-likeness (QED) is 0.223. The van der Waals surface area contributed by atoms with Crippen molar-refractivity contribution >= 4 is 38.9 Å². The standard InChI is InChI=1S/C21H20ClF3N4O3S/c22-15-7-11(1-4-16(15)23)8-18(29-30)13-9-17(24)20(25)21-14(13)10-19(28-21)26-5-6-27-33(31,32)12-2-3-12/h1,4,7,9,12,27,30H,2-3,5-6,8,10H2,(H,26,28)/b29-18+. The number of amidine groups is 1. The van der Waals surface area contributed by atoms with Crippen LogP contribution in [0.25, 0.3) is 0 Å². The van der Waals surface area contributed by atoms with Gasteiger partial charge in [-0.15, -0.1) is 0 Å². The highest BCUT2D eigenvalue weighted by atomic mass is 35.5. The maximum Gasteiger partial charge on any atom is 0.214 e. The maximum atomic E-state index is 14.4. The number of nitrogens with zero attached hydrogens (tertiary/aromatic N) is 2. The zero-order valence-electron chi connectivity index (χ0n) is 17.2. The van der Waals surface area contributed by atoms with Crippen molar-refractivity contribution in [3.8, 4) is 0 Å². The SMILES string of the molecule is O=S(=O)(NCCN=C1Cc2c(/C(Cc3ccc(F)c(Cl)c3)=N/O)cc(F)c(F)c2N1)C1CC1. The maximum absolute atomic E-state index is 14.4. The van der Waals surface area contributed by atoms with Gasteiger partial charge in [-0.1, -0.05) is 22.8 Å². The summed E-state index contributed by atoms with van der Waals surface area (Å²) in [6.07, 6.45) is 1.38. The molecule has 1 fully saturated rings. The fraction of sp³-hybridized carbons (Fsp3) is 0.333. The summed E-state index contributed by atoms with van der Waals surface area (Å²) in [6, 6.07) is 4.89. The molecule has 1 aliphatic carbocycles. The number of nitrogens with one attached hydrogen (secondary N) is 2. The molecule has 2 aromatic rings. The molecule has 0 aromatic heterocycles. The van der Waals surface area contributed by atoms with Crippen molar-refractivity contribution in [3.05, 3.63) is 63.4 Å². The lowest BCUT2D eigenvalue weighted by Crippen LogP contribution is -2.29. The number of halogens is 4. The zero-order valence-corrected chi connectivity index (χ0v) is 18.8. The van der Waals surface area contributed by atoms with Gasteiger partial charge in [-0.2, -0.15) is 0 Å². The van der Waals surface area contributed by atoms with Crippen LogP contribution >= 0.6 is 11.6 Å². The number of fused-ring (bicyclic) bond motifs is 1. The van der Waals surface area contributed by atoms with E-state index in [1.54, 1.807) is 0 Å². The first-order valence-corrected chi connectivity index (χ1v) is 12.1. The molecule has 2 aromatic carbocycles. The van der Waals surface area contributed by atoms with Crippen molar-refractivity contribution in [2.75, 3.05) is 18.4 Å². The Bertz CT molecular complexity index is 1260. The molecule has 1 saturated carbocycles. The number of aliphatic imine (C=N–C) groups is 1. The third kappa shape index (κ3) is 5.15. The molecule has 33 heavy (non-hydrogen) atoms. The molecule has 0 saturated heterocycles. The van der Waals surface area contributed by atoms with E-state index < -0.39 is 27.5 Å². The van der Waals surface area contributed by atoms with E-state index in [2.05, 4.69) is 20.2 Å². The zero-order chi connectivity index (χ0) is 23.8. The second-order valence-corrected chi connectivity index (χ2v) is 10.3. The van der Waals surface area contributed by atoms with Crippen LogP contribution in [0.2, 0.25) is 5.02 Å². The van der Waals surface area contributed by atoms with Gasteiger partial charge < -0.3 is 10.5 Å². The van der Waals surface area contributed by atoms with Crippen LogP contribution in [0.4, 0.5) is 18.9 Å². The number of rotatable bonds is 8. The molecular formula is C21H20ClF3N4O3S. The molecule has 3 N–H and O–H groups in total. The summed E-state index contributed by atoms with van der Waals surface area (Å²) in [5.41, 5.74) is 0.926. The number of hydrogen-bond acceptors (Lipinski definition) is 5. The number of oxime groups is 1. The Balaban J connectivity index is 1.53. The van der Waals surface area contributed by atoms with Crippen LogP contribution in [0.1, 0.15) is 29.5 Å². The van der Waals surface area contributed by atoms with Crippen molar-refractivity contribution in [2.45, 2.75) is 30.9 Å². The van der Waals surface area contributed by atoms with Crippen molar-refractivity contribution in [1.29, 1.82) is 0 Å². The van der Waals surface area contributed by atoms with Crippen LogP contribution in [0.5, 0.6) is 0 Å². The second-order valence-electron chi connectivity index (χ2n) is 7.81. The topological polar surface area (TPSA) is 103 Å². The molecule has 4 rings (SSSR count). The highest BCUT2D eigenvalue weighted by Gasteiger charge is 2.35. The molecule has 0 unspecified atom stereocenters. The number of sulfonamides is 1. The van der Waals surface area contributed by atoms with Gasteiger partial charge in [0.05, 0.1) is 28.2 Å². The second kappa shape index (κ2) is 9.32. The molecule has 2 aliphatic rings. The summed E-state index contributed by atoms with van der Waals surface area (Å²) in [4.78, 5) is 4.25. The Morgan fingerprint density at radius 2 is 1.97 bits per heavy atom. The monoisotopic (exact) mass is 500 g/mol. The lowest BCUT2D eigenvalue weighted by molar-refractivity contribution is 0.318. The van der Waals surface area contributed by atoms with Gasteiger partial charge in [0.15, 0.2) is 11.6 Å². The molecular weight excluding hydrogens is 481 g/mol. The Morgan fingerprint density at radius 1 is 1.21 bits per heavy atom. The fourth-order valence-corrected chi connectivity index (χ4v) is 5.16. The van der Waals surface area contributed by atoms with Gasteiger partial charge in [-0.25, -0.2) is 26.3 Å². The van der Waals surface area contributed by atoms with E-state index in [4.69, 9.17) is 11.6 Å². The highest BCUT2D eigenvalue weighted by molar-refractivity contribution is 7.90. The lowest BCUT2D eigenvalue weighted by Gasteiger charge is -2.11. The highest BCUT2D eigenvalue weighted by Crippen LogP contribution is 2.33. The first kappa shape index (κ1) is 23.5. The van der Waals surface area contributed by atoms with Crippen LogP contribution in [0.15, 0.2) is 34.4 Å².